The third-order valence-electron chi connectivity index (χ3n) is 7.63. The van der Waals surface area contributed by atoms with Gasteiger partial charge in [-0.3, -0.25) is 9.59 Å². The van der Waals surface area contributed by atoms with Gasteiger partial charge in [-0.1, -0.05) is 101 Å². The molecule has 0 unspecified atom stereocenters. The van der Waals surface area contributed by atoms with Crippen molar-refractivity contribution in [3.63, 3.8) is 0 Å². The molecule has 1 fully saturated rings. The monoisotopic (exact) mass is 582 g/mol. The van der Waals surface area contributed by atoms with Crippen LogP contribution in [0.2, 0.25) is 0 Å². The minimum Gasteiger partial charge on any atom is -0.339 e. The van der Waals surface area contributed by atoms with Crippen molar-refractivity contribution in [1.82, 2.24) is 9.80 Å². The molecule has 4 rings (SSSR count). The molecule has 3 aromatic carbocycles. The van der Waals surface area contributed by atoms with E-state index in [1.807, 2.05) is 98.5 Å². The van der Waals surface area contributed by atoms with Crippen molar-refractivity contribution in [2.45, 2.75) is 79.7 Å². The Balaban J connectivity index is 0.000000992. The van der Waals surface area contributed by atoms with Crippen molar-refractivity contribution in [2.75, 3.05) is 13.1 Å². The highest BCUT2D eigenvalue weighted by Crippen LogP contribution is 2.35. The van der Waals surface area contributed by atoms with Gasteiger partial charge in [0, 0.05) is 24.4 Å². The molecule has 0 radical (unpaired) electrons. The number of carbonyl (C=O) groups is 3. The van der Waals surface area contributed by atoms with Crippen LogP contribution in [0, 0.1) is 12.8 Å². The van der Waals surface area contributed by atoms with Gasteiger partial charge in [-0.05, 0) is 80.8 Å². The van der Waals surface area contributed by atoms with E-state index in [1.165, 1.54) is 13.3 Å². The Bertz CT molecular complexity index is 1290. The molecule has 5 heteroatoms. The Kier molecular flexibility index (Phi) is 14.1. The molecule has 0 aromatic heterocycles. The fourth-order valence-electron chi connectivity index (χ4n) is 5.26. The first-order valence-corrected chi connectivity index (χ1v) is 15.4. The quantitative estimate of drug-likeness (QED) is 0.263. The fourth-order valence-corrected chi connectivity index (χ4v) is 5.26. The molecule has 1 aliphatic rings. The van der Waals surface area contributed by atoms with Crippen LogP contribution >= 0.6 is 0 Å². The number of piperidine rings is 1. The number of rotatable bonds is 7. The van der Waals surface area contributed by atoms with Crippen LogP contribution < -0.4 is 0 Å². The van der Waals surface area contributed by atoms with Gasteiger partial charge in [0.2, 0.25) is 5.91 Å². The molecule has 1 saturated heterocycles. The minimum atomic E-state index is -0.894. The minimum absolute atomic E-state index is 0.0446. The van der Waals surface area contributed by atoms with Crippen molar-refractivity contribution in [3.8, 4) is 0 Å². The van der Waals surface area contributed by atoms with Crippen LogP contribution in [0.25, 0.3) is 0 Å². The molecular formula is C38H50N2O3. The Morgan fingerprint density at radius 2 is 1.42 bits per heavy atom. The van der Waals surface area contributed by atoms with Gasteiger partial charge in [-0.25, -0.2) is 0 Å². The highest BCUT2D eigenvalue weighted by molar-refractivity contribution is 5.95. The van der Waals surface area contributed by atoms with Gasteiger partial charge in [0.25, 0.3) is 5.91 Å². The molecule has 2 amide bonds. The van der Waals surface area contributed by atoms with Gasteiger partial charge >= 0.3 is 0 Å². The lowest BCUT2D eigenvalue weighted by Gasteiger charge is -2.36. The molecule has 1 aliphatic heterocycles. The third kappa shape index (κ3) is 9.51. The summed E-state index contributed by atoms with van der Waals surface area (Å²) < 4.78 is 0. The number of benzene rings is 3. The number of carbonyl (C=O) groups excluding carboxylic acids is 3. The number of hydrogen-bond acceptors (Lipinski definition) is 3. The molecule has 43 heavy (non-hydrogen) atoms. The van der Waals surface area contributed by atoms with Crippen molar-refractivity contribution in [3.05, 3.63) is 119 Å². The summed E-state index contributed by atoms with van der Waals surface area (Å²) >= 11 is 0. The number of amides is 2. The molecule has 0 saturated carbocycles. The second-order valence-corrected chi connectivity index (χ2v) is 11.6. The summed E-state index contributed by atoms with van der Waals surface area (Å²) in [5, 5.41) is 0. The predicted molar refractivity (Wildman–Crippen MR) is 178 cm³/mol. The lowest BCUT2D eigenvalue weighted by molar-refractivity contribution is -0.134. The van der Waals surface area contributed by atoms with Crippen LogP contribution in [-0.4, -0.2) is 41.0 Å². The summed E-state index contributed by atoms with van der Waals surface area (Å²) in [5.74, 6) is 0.691. The molecular weight excluding hydrogens is 532 g/mol. The number of aldehydes is 1. The topological polar surface area (TPSA) is 57.7 Å². The van der Waals surface area contributed by atoms with E-state index >= 15 is 0 Å². The van der Waals surface area contributed by atoms with Gasteiger partial charge in [0.05, 0.1) is 12.0 Å². The molecule has 0 N–H and O–H groups in total. The summed E-state index contributed by atoms with van der Waals surface area (Å²) in [5.41, 5.74) is 4.25. The summed E-state index contributed by atoms with van der Waals surface area (Å²) in [4.78, 5) is 40.2. The van der Waals surface area contributed by atoms with E-state index < -0.39 is 5.41 Å². The van der Waals surface area contributed by atoms with E-state index in [0.29, 0.717) is 23.7 Å². The third-order valence-corrected chi connectivity index (χ3v) is 7.63. The second kappa shape index (κ2) is 17.2. The zero-order chi connectivity index (χ0) is 32.0. The van der Waals surface area contributed by atoms with Gasteiger partial charge in [0.15, 0.2) is 0 Å². The van der Waals surface area contributed by atoms with Crippen LogP contribution in [0.4, 0.5) is 0 Å². The van der Waals surface area contributed by atoms with Crippen LogP contribution in [0.1, 0.15) is 93.4 Å². The van der Waals surface area contributed by atoms with E-state index in [-0.39, 0.29) is 11.8 Å². The Morgan fingerprint density at radius 3 is 1.86 bits per heavy atom. The number of hydrogen-bond donors (Lipinski definition) is 0. The average molecular weight is 583 g/mol. The maximum atomic E-state index is 14.4. The highest BCUT2D eigenvalue weighted by atomic mass is 16.2. The lowest BCUT2D eigenvalue weighted by Crippen LogP contribution is -2.44. The zero-order valence-corrected chi connectivity index (χ0v) is 27.2. The number of nitrogens with zero attached hydrogens (tertiary/aromatic N) is 2. The largest absolute Gasteiger partial charge is 0.339 e. The fraction of sp³-hybridized carbons (Fsp3) is 0.395. The van der Waals surface area contributed by atoms with Crippen LogP contribution in [-0.2, 0) is 21.5 Å². The van der Waals surface area contributed by atoms with E-state index in [9.17, 15) is 9.59 Å². The summed E-state index contributed by atoms with van der Waals surface area (Å²) in [6.07, 6.45) is 4.08. The maximum absolute atomic E-state index is 14.4. The smallest absolute Gasteiger partial charge is 0.253 e. The molecule has 0 aliphatic carbocycles. The molecule has 3 aromatic rings. The Morgan fingerprint density at radius 1 is 0.953 bits per heavy atom. The SMILES string of the molecule is C=C(C)N(Cc1cc(C)cc(C(=O)N2CCC(C)CC2)c1)C(=O)C(C)(c1ccccc1)c1ccccc1.CC=O.CCC. The summed E-state index contributed by atoms with van der Waals surface area (Å²) in [7, 11) is 0. The Hall–Kier alpha value is -3.99. The predicted octanol–water partition coefficient (Wildman–Crippen LogP) is 8.36. The average Bonchev–Trinajstić information content (AvgIpc) is 3.00. The standard InChI is InChI=1S/C33H38N2O2.C3H8.C2H4O/c1-24(2)35(32(37)33(5,29-12-8-6-9-13-29)30-14-10-7-11-15-30)23-27-20-26(4)21-28(22-27)31(36)34-18-16-25(3)17-19-34;1-3-2;1-2-3/h6-15,20-22,25H,1,16-19,23H2,2-5H3;3H2,1-2H3;2H,1H3. The Labute approximate surface area is 259 Å². The van der Waals surface area contributed by atoms with Gasteiger partial charge < -0.3 is 14.6 Å². The molecule has 5 nitrogen and oxygen atoms in total. The summed E-state index contributed by atoms with van der Waals surface area (Å²) in [6.45, 7) is 19.9. The number of allylic oxidation sites excluding steroid dienone is 1. The maximum Gasteiger partial charge on any atom is 0.253 e. The summed E-state index contributed by atoms with van der Waals surface area (Å²) in [6, 6.07) is 25.8. The van der Waals surface area contributed by atoms with E-state index in [4.69, 9.17) is 4.79 Å². The van der Waals surface area contributed by atoms with E-state index in [2.05, 4.69) is 33.4 Å². The molecule has 230 valence electrons. The highest BCUT2D eigenvalue weighted by Gasteiger charge is 2.40. The van der Waals surface area contributed by atoms with E-state index in [1.54, 1.807) is 4.90 Å². The van der Waals surface area contributed by atoms with Gasteiger partial charge in [-0.15, -0.1) is 0 Å². The van der Waals surface area contributed by atoms with Crippen LogP contribution in [0.5, 0.6) is 0 Å². The van der Waals surface area contributed by atoms with Crippen LogP contribution in [0.15, 0.2) is 91.1 Å². The molecule has 1 heterocycles. The van der Waals surface area contributed by atoms with Gasteiger partial charge in [-0.2, -0.15) is 0 Å². The normalized spacial score (nSPS) is 13.0. The lowest BCUT2D eigenvalue weighted by atomic mass is 9.75. The first kappa shape index (κ1) is 35.2. The van der Waals surface area contributed by atoms with Crippen molar-refractivity contribution >= 4 is 18.1 Å². The second-order valence-electron chi connectivity index (χ2n) is 11.6. The number of aryl methyl sites for hydroxylation is 1. The van der Waals surface area contributed by atoms with Crippen molar-refractivity contribution in [2.24, 2.45) is 5.92 Å². The zero-order valence-electron chi connectivity index (χ0n) is 27.2. The van der Waals surface area contributed by atoms with Crippen molar-refractivity contribution in [1.29, 1.82) is 0 Å². The molecule has 0 atom stereocenters. The van der Waals surface area contributed by atoms with Crippen LogP contribution in [0.3, 0.4) is 0 Å². The van der Waals surface area contributed by atoms with E-state index in [0.717, 1.165) is 54.5 Å². The first-order valence-electron chi connectivity index (χ1n) is 15.4. The first-order chi connectivity index (χ1) is 20.5. The number of likely N-dealkylation sites (tertiary alicyclic amines) is 1. The molecule has 0 bridgehead atoms. The molecule has 0 spiro atoms. The van der Waals surface area contributed by atoms with Gasteiger partial charge in [0.1, 0.15) is 6.29 Å². The van der Waals surface area contributed by atoms with Crippen molar-refractivity contribution < 1.29 is 14.4 Å².